The highest BCUT2D eigenvalue weighted by Gasteiger charge is 2.10. The van der Waals surface area contributed by atoms with Gasteiger partial charge in [-0.1, -0.05) is 0 Å². The van der Waals surface area contributed by atoms with Crippen molar-refractivity contribution in [3.05, 3.63) is 24.3 Å². The highest BCUT2D eigenvalue weighted by Crippen LogP contribution is 2.63. The van der Waals surface area contributed by atoms with Crippen LogP contribution in [0.3, 0.4) is 0 Å². The maximum absolute atomic E-state index is 5.17. The smallest absolute Gasteiger partial charge is 0.212 e. The number of rotatable bonds is 2. The normalized spacial score (nSPS) is 13.0. The van der Waals surface area contributed by atoms with Crippen LogP contribution in [-0.4, -0.2) is 7.11 Å². The van der Waals surface area contributed by atoms with Crippen molar-refractivity contribution in [2.45, 2.75) is 0 Å². The van der Waals surface area contributed by atoms with E-state index in [2.05, 4.69) is 12.1 Å². The van der Waals surface area contributed by atoms with Gasteiger partial charge in [0.25, 0.3) is 0 Å². The van der Waals surface area contributed by atoms with E-state index in [9.17, 15) is 0 Å². The van der Waals surface area contributed by atoms with Gasteiger partial charge in [-0.15, -0.1) is 0 Å². The summed E-state index contributed by atoms with van der Waals surface area (Å²) in [6, 6.07) is 8.32. The van der Waals surface area contributed by atoms with Crippen molar-refractivity contribution in [3.63, 3.8) is 0 Å². The molecule has 0 fully saturated rings. The van der Waals surface area contributed by atoms with Crippen molar-refractivity contribution in [1.82, 2.24) is 0 Å². The van der Waals surface area contributed by atoms with Gasteiger partial charge in [-0.3, -0.25) is 0 Å². The van der Waals surface area contributed by atoms with E-state index in [1.54, 1.807) is 7.11 Å². The molecule has 2 aromatic rings. The van der Waals surface area contributed by atoms with Crippen molar-refractivity contribution in [2.24, 2.45) is 0 Å². The summed E-state index contributed by atoms with van der Waals surface area (Å²) >= 11 is 5.17. The Hall–Kier alpha value is 0.280. The molecule has 13 heavy (non-hydrogen) atoms. The van der Waals surface area contributed by atoms with Gasteiger partial charge in [-0.2, -0.15) is 0 Å². The molecule has 0 unspecified atom stereocenters. The summed E-state index contributed by atoms with van der Waals surface area (Å²) in [5.74, 6) is 0.879. The number of ether oxygens (including phenoxy) is 1. The van der Waals surface area contributed by atoms with Gasteiger partial charge in [0, 0.05) is 11.8 Å². The van der Waals surface area contributed by atoms with Crippen LogP contribution >= 0.6 is 43.5 Å². The minimum absolute atomic E-state index is 0.0472. The summed E-state index contributed by atoms with van der Waals surface area (Å²) in [5.41, 5.74) is 0. The molecule has 68 valence electrons. The molecule has 1 heterocycles. The highest BCUT2D eigenvalue weighted by molar-refractivity contribution is 8.65. The van der Waals surface area contributed by atoms with E-state index in [1.807, 2.05) is 33.2 Å². The molecule has 0 radical (unpaired) electrons. The fraction of sp³-hybridized carbons (Fsp3) is 0.143. The van der Waals surface area contributed by atoms with Gasteiger partial charge in [-0.25, -0.2) is 0 Å². The lowest BCUT2D eigenvalue weighted by Crippen LogP contribution is -1.79. The van der Waals surface area contributed by atoms with Gasteiger partial charge in [-0.05, 0) is 24.3 Å². The Labute approximate surface area is 90.4 Å². The molecule has 0 aliphatic heterocycles. The van der Waals surface area contributed by atoms with Crippen molar-refractivity contribution in [1.29, 1.82) is 0 Å². The Morgan fingerprint density at radius 3 is 2.38 bits per heavy atom. The minimum Gasteiger partial charge on any atom is -0.497 e. The van der Waals surface area contributed by atoms with Crippen LogP contribution in [0.2, 0.25) is 0 Å². The van der Waals surface area contributed by atoms with Crippen LogP contribution in [0.25, 0.3) is 5.30 Å². The molecule has 0 aliphatic rings. The van der Waals surface area contributed by atoms with E-state index in [4.69, 9.17) is 16.5 Å². The summed E-state index contributed by atoms with van der Waals surface area (Å²) in [6.07, 6.45) is 0. The maximum Gasteiger partial charge on any atom is 0.212 e. The van der Waals surface area contributed by atoms with Crippen LogP contribution in [0.4, 0.5) is 0 Å². The summed E-state index contributed by atoms with van der Waals surface area (Å²) in [6.45, 7) is 0. The van der Waals surface area contributed by atoms with E-state index in [1.165, 1.54) is 5.30 Å². The van der Waals surface area contributed by atoms with Crippen molar-refractivity contribution >= 4 is 43.5 Å². The molecule has 1 nitrogen and oxygen atoms in total. The molecule has 0 amide bonds. The van der Waals surface area contributed by atoms with E-state index in [0.717, 1.165) is 5.75 Å². The van der Waals surface area contributed by atoms with Crippen molar-refractivity contribution < 1.29 is 4.74 Å². The van der Waals surface area contributed by atoms with Crippen LogP contribution in [0.5, 0.6) is 5.75 Å². The Kier molecular flexibility index (Phi) is 3.18. The largest absolute Gasteiger partial charge is 0.497 e. The van der Waals surface area contributed by atoms with Crippen molar-refractivity contribution in [3.8, 4) is 11.1 Å². The zero-order chi connectivity index (χ0) is 9.26. The average Bonchev–Trinajstić information content (AvgIpc) is 2.13. The minimum atomic E-state index is -0.178. The second-order valence-electron chi connectivity index (χ2n) is 2.34. The van der Waals surface area contributed by atoms with E-state index in [0.29, 0.717) is 0 Å². The second-order valence-corrected chi connectivity index (χ2v) is 16.3. The number of hydrogen-bond donors (Lipinski definition) is 0. The molecule has 0 N–H and O–H groups in total. The van der Waals surface area contributed by atoms with Gasteiger partial charge in [0.15, 0.2) is 5.89 Å². The fourth-order valence-electron chi connectivity index (χ4n) is 0.925. The molecule has 1 aromatic carbocycles. The predicted octanol–water partition coefficient (Wildman–Crippen LogP) is 5.30. The van der Waals surface area contributed by atoms with E-state index < -0.39 is 0 Å². The SMILES string of the molecule is COc1ccc(-p2s[p+](=S)s2)cc1. The number of benzene rings is 1. The lowest BCUT2D eigenvalue weighted by atomic mass is 10.3. The third-order valence-corrected chi connectivity index (χ3v) is 21.7. The number of hydrogen-bond acceptors (Lipinski definition) is 4. The topological polar surface area (TPSA) is 9.23 Å². The maximum atomic E-state index is 5.17. The molecule has 6 heteroatoms. The molecule has 0 spiro atoms. The van der Waals surface area contributed by atoms with E-state index in [-0.39, 0.29) is 10.6 Å². The molecule has 0 bridgehead atoms. The third kappa shape index (κ3) is 2.20. The molecule has 0 saturated carbocycles. The van der Waals surface area contributed by atoms with Crippen LogP contribution in [0.15, 0.2) is 24.3 Å². The first-order valence-corrected chi connectivity index (χ1v) is 11.3. The molecule has 0 atom stereocenters. The molecular formula is C7H7OP2S3+. The van der Waals surface area contributed by atoms with Gasteiger partial charge in [0.05, 0.1) is 33.5 Å². The van der Waals surface area contributed by atoms with E-state index >= 15 is 0 Å². The zero-order valence-electron chi connectivity index (χ0n) is 6.84. The van der Waals surface area contributed by atoms with Gasteiger partial charge in [0.2, 0.25) is 4.67 Å². The zero-order valence-corrected chi connectivity index (χ0v) is 11.1. The highest BCUT2D eigenvalue weighted by atomic mass is 33.3. The Balaban J connectivity index is 2.30. The second kappa shape index (κ2) is 4.20. The van der Waals surface area contributed by atoms with Crippen LogP contribution in [-0.2, 0) is 0 Å². The van der Waals surface area contributed by atoms with Crippen LogP contribution in [0, 0.1) is 0 Å². The molecular weight excluding hydrogens is 258 g/mol. The quantitative estimate of drug-likeness (QED) is 0.728. The molecule has 2 rings (SSSR count). The summed E-state index contributed by atoms with van der Waals surface area (Å²) < 4.78 is 4.92. The van der Waals surface area contributed by atoms with Crippen molar-refractivity contribution in [2.75, 3.05) is 7.11 Å². The van der Waals surface area contributed by atoms with Crippen LogP contribution in [0.1, 0.15) is 0 Å². The Bertz CT molecular complexity index is 424. The lowest BCUT2D eigenvalue weighted by Gasteiger charge is -1.99. The van der Waals surface area contributed by atoms with Crippen LogP contribution < -0.4 is 4.74 Å². The monoisotopic (exact) mass is 265 g/mol. The first-order valence-electron chi connectivity index (χ1n) is 3.57. The average molecular weight is 265 g/mol. The summed E-state index contributed by atoms with van der Waals surface area (Å²) in [7, 11) is 5.61. The number of methoxy groups -OCH3 is 1. The molecule has 1 aromatic heterocycles. The first-order chi connectivity index (χ1) is 6.29. The molecule has 0 aliphatic carbocycles. The predicted molar refractivity (Wildman–Crippen MR) is 67.3 cm³/mol. The summed E-state index contributed by atoms with van der Waals surface area (Å²) in [4.78, 5) is 0. The van der Waals surface area contributed by atoms with Gasteiger partial charge < -0.3 is 4.74 Å². The third-order valence-electron chi connectivity index (χ3n) is 1.56. The van der Waals surface area contributed by atoms with Gasteiger partial charge >= 0.3 is 0 Å². The standard InChI is InChI=1S/C7H7OP2S3/c1-8-6-2-4-7(5-3-6)9-12-10(11)13-9/h2-5H,1H3/q+1. The van der Waals surface area contributed by atoms with Gasteiger partial charge in [0.1, 0.15) is 5.75 Å². The first kappa shape index (κ1) is 9.82. The lowest BCUT2D eigenvalue weighted by molar-refractivity contribution is 0.415. The Morgan fingerprint density at radius 1 is 1.31 bits per heavy atom. The Morgan fingerprint density at radius 2 is 1.92 bits per heavy atom. The fourth-order valence-corrected chi connectivity index (χ4v) is 19.1. The summed E-state index contributed by atoms with van der Waals surface area (Å²) in [5, 5.41) is 1.41. The molecule has 0 saturated heterocycles.